The lowest BCUT2D eigenvalue weighted by Crippen LogP contribution is -2.48. The summed E-state index contributed by atoms with van der Waals surface area (Å²) in [6, 6.07) is 14.3. The van der Waals surface area contributed by atoms with Gasteiger partial charge < -0.3 is 15.1 Å². The molecule has 4 rings (SSSR count). The molecule has 2 saturated heterocycles. The maximum absolute atomic E-state index is 13.3. The maximum atomic E-state index is 13.3. The van der Waals surface area contributed by atoms with E-state index in [0.29, 0.717) is 44.6 Å². The van der Waals surface area contributed by atoms with Crippen LogP contribution < -0.4 is 15.1 Å². The van der Waals surface area contributed by atoms with Crippen LogP contribution in [0.15, 0.2) is 42.5 Å². The summed E-state index contributed by atoms with van der Waals surface area (Å²) in [5, 5.41) is 12.1. The summed E-state index contributed by atoms with van der Waals surface area (Å²) in [4.78, 5) is 19.2. The van der Waals surface area contributed by atoms with Crippen LogP contribution in [0, 0.1) is 11.3 Å². The minimum atomic E-state index is -4.57. The van der Waals surface area contributed by atoms with Gasteiger partial charge in [-0.05, 0) is 54.2 Å². The molecule has 6 nitrogen and oxygen atoms in total. The molecule has 0 aliphatic carbocycles. The van der Waals surface area contributed by atoms with E-state index >= 15 is 0 Å². The van der Waals surface area contributed by atoms with E-state index in [1.807, 2.05) is 4.90 Å². The quantitative estimate of drug-likeness (QED) is 0.547. The Kier molecular flexibility index (Phi) is 8.75. The lowest BCUT2D eigenvalue weighted by molar-refractivity contribution is -0.137. The molecule has 2 aliphatic heterocycles. The summed E-state index contributed by atoms with van der Waals surface area (Å²) in [5.41, 5.74) is 1.88. The van der Waals surface area contributed by atoms with Gasteiger partial charge in [-0.15, -0.1) is 0 Å². The van der Waals surface area contributed by atoms with Gasteiger partial charge in [0.05, 0.1) is 17.2 Å². The zero-order valence-electron chi connectivity index (χ0n) is 23.0. The van der Waals surface area contributed by atoms with Gasteiger partial charge in [-0.1, -0.05) is 32.9 Å². The van der Waals surface area contributed by atoms with Crippen molar-refractivity contribution in [1.82, 2.24) is 10.2 Å². The molecule has 0 spiro atoms. The summed E-state index contributed by atoms with van der Waals surface area (Å²) in [6.07, 6.45) is -2.80. The van der Waals surface area contributed by atoms with Gasteiger partial charge in [0.1, 0.15) is 0 Å². The highest BCUT2D eigenvalue weighted by Crippen LogP contribution is 2.35. The highest BCUT2D eigenvalue weighted by molar-refractivity contribution is 5.76. The first-order chi connectivity index (χ1) is 18.4. The second kappa shape index (κ2) is 11.9. The van der Waals surface area contributed by atoms with E-state index in [1.165, 1.54) is 17.3 Å². The first-order valence-corrected chi connectivity index (χ1v) is 13.7. The molecule has 0 radical (unpaired) electrons. The molecule has 2 aromatic rings. The number of hydrogen-bond donors (Lipinski definition) is 1. The van der Waals surface area contributed by atoms with Crippen LogP contribution in [0.4, 0.5) is 24.5 Å². The van der Waals surface area contributed by atoms with E-state index in [1.54, 1.807) is 12.1 Å². The van der Waals surface area contributed by atoms with Crippen LogP contribution in [0.5, 0.6) is 0 Å². The lowest BCUT2D eigenvalue weighted by atomic mass is 9.87. The third-order valence-corrected chi connectivity index (χ3v) is 7.78. The second-order valence-corrected chi connectivity index (χ2v) is 11.5. The number of rotatable bonds is 6. The number of hydrogen-bond acceptors (Lipinski definition) is 5. The zero-order valence-corrected chi connectivity index (χ0v) is 23.0. The van der Waals surface area contributed by atoms with Gasteiger partial charge in [-0.25, -0.2) is 0 Å². The van der Waals surface area contributed by atoms with Crippen LogP contribution in [-0.4, -0.2) is 62.7 Å². The van der Waals surface area contributed by atoms with Gasteiger partial charge in [-0.3, -0.25) is 9.69 Å². The monoisotopic (exact) mass is 541 g/mol. The summed E-state index contributed by atoms with van der Waals surface area (Å²) >= 11 is 0. The van der Waals surface area contributed by atoms with Crippen molar-refractivity contribution in [3.8, 4) is 6.07 Å². The number of piperazine rings is 1. The number of halogens is 3. The van der Waals surface area contributed by atoms with Crippen LogP contribution in [0.1, 0.15) is 56.7 Å². The predicted octanol–water partition coefficient (Wildman–Crippen LogP) is 5.17. The average molecular weight is 542 g/mol. The number of anilines is 2. The van der Waals surface area contributed by atoms with Crippen molar-refractivity contribution in [2.75, 3.05) is 55.6 Å². The number of amides is 1. The highest BCUT2D eigenvalue weighted by atomic mass is 19.4. The van der Waals surface area contributed by atoms with Gasteiger partial charge in [0, 0.05) is 69.7 Å². The number of carbonyl (C=O) groups is 1. The Morgan fingerprint density at radius 3 is 2.08 bits per heavy atom. The van der Waals surface area contributed by atoms with Gasteiger partial charge in [0.15, 0.2) is 0 Å². The predicted molar refractivity (Wildman–Crippen MR) is 148 cm³/mol. The van der Waals surface area contributed by atoms with E-state index < -0.39 is 11.7 Å². The molecule has 2 aliphatic rings. The molecule has 0 aromatic heterocycles. The summed E-state index contributed by atoms with van der Waals surface area (Å²) in [5.74, 6) is 0.0198. The fourth-order valence-electron chi connectivity index (χ4n) is 5.30. The first-order valence-electron chi connectivity index (χ1n) is 13.7. The Morgan fingerprint density at radius 1 is 0.923 bits per heavy atom. The molecule has 2 aromatic carbocycles. The molecule has 2 fully saturated rings. The third kappa shape index (κ3) is 7.45. The van der Waals surface area contributed by atoms with Crippen molar-refractivity contribution < 1.29 is 18.0 Å². The number of nitrogens with one attached hydrogen (secondary N) is 1. The SMILES string of the molecule is CC(C)(C)c1ccc(N2CCN(CCC(=O)NC3CCN(c4ccc(C#N)c(C(F)(F)F)c4)CC3)CC2)cc1. The molecular formula is C30H38F3N5O. The topological polar surface area (TPSA) is 62.6 Å². The van der Waals surface area contributed by atoms with E-state index in [-0.39, 0.29) is 22.9 Å². The minimum absolute atomic E-state index is 0.0159. The Labute approximate surface area is 229 Å². The van der Waals surface area contributed by atoms with Crippen molar-refractivity contribution >= 4 is 17.3 Å². The fourth-order valence-corrected chi connectivity index (χ4v) is 5.30. The van der Waals surface area contributed by atoms with Crippen molar-refractivity contribution in [1.29, 1.82) is 5.26 Å². The van der Waals surface area contributed by atoms with E-state index in [4.69, 9.17) is 5.26 Å². The first kappa shape index (κ1) is 28.8. The number of piperidine rings is 1. The number of nitriles is 1. The molecule has 0 unspecified atom stereocenters. The number of carbonyl (C=O) groups excluding carboxylic acids is 1. The van der Waals surface area contributed by atoms with Gasteiger partial charge in [0.2, 0.25) is 5.91 Å². The molecule has 210 valence electrons. The van der Waals surface area contributed by atoms with E-state index in [9.17, 15) is 18.0 Å². The fraction of sp³-hybridized carbons (Fsp3) is 0.533. The summed E-state index contributed by atoms with van der Waals surface area (Å²) in [7, 11) is 0. The zero-order chi connectivity index (χ0) is 28.2. The Balaban J connectivity index is 1.18. The minimum Gasteiger partial charge on any atom is -0.371 e. The summed E-state index contributed by atoms with van der Waals surface area (Å²) < 4.78 is 40.0. The highest BCUT2D eigenvalue weighted by Gasteiger charge is 2.34. The van der Waals surface area contributed by atoms with Crippen molar-refractivity contribution in [2.45, 2.75) is 57.7 Å². The normalized spacial score (nSPS) is 17.7. The molecular weight excluding hydrogens is 503 g/mol. The van der Waals surface area contributed by atoms with Crippen LogP contribution in [0.3, 0.4) is 0 Å². The van der Waals surface area contributed by atoms with Crippen molar-refractivity contribution in [2.24, 2.45) is 0 Å². The van der Waals surface area contributed by atoms with Crippen LogP contribution >= 0.6 is 0 Å². The molecule has 2 heterocycles. The molecule has 0 saturated carbocycles. The largest absolute Gasteiger partial charge is 0.417 e. The standard InChI is InChI=1S/C30H38F3N5O/c1-29(2,3)23-5-8-25(9-6-23)38-18-16-36(17-19-38)13-12-28(39)35-24-10-14-37(15-11-24)26-7-4-22(21-34)27(20-26)30(31,32)33/h4-9,20,24H,10-19H2,1-3H3,(H,35,39). The number of alkyl halides is 3. The average Bonchev–Trinajstić information content (AvgIpc) is 2.91. The smallest absolute Gasteiger partial charge is 0.371 e. The lowest BCUT2D eigenvalue weighted by Gasteiger charge is -2.36. The van der Waals surface area contributed by atoms with Crippen LogP contribution in [0.2, 0.25) is 0 Å². The van der Waals surface area contributed by atoms with Gasteiger partial charge >= 0.3 is 6.18 Å². The number of benzene rings is 2. The summed E-state index contributed by atoms with van der Waals surface area (Å²) in [6.45, 7) is 12.1. The molecule has 0 atom stereocenters. The van der Waals surface area contributed by atoms with Crippen LogP contribution in [0.25, 0.3) is 0 Å². The molecule has 9 heteroatoms. The Morgan fingerprint density at radius 2 is 1.51 bits per heavy atom. The molecule has 39 heavy (non-hydrogen) atoms. The van der Waals surface area contributed by atoms with Gasteiger partial charge in [-0.2, -0.15) is 18.4 Å². The Hall–Kier alpha value is -3.25. The Bertz CT molecular complexity index is 1170. The molecule has 1 N–H and O–H groups in total. The van der Waals surface area contributed by atoms with Crippen LogP contribution in [-0.2, 0) is 16.4 Å². The third-order valence-electron chi connectivity index (χ3n) is 7.78. The number of nitrogens with zero attached hydrogens (tertiary/aromatic N) is 4. The second-order valence-electron chi connectivity index (χ2n) is 11.5. The maximum Gasteiger partial charge on any atom is 0.417 e. The van der Waals surface area contributed by atoms with E-state index in [0.717, 1.165) is 32.2 Å². The van der Waals surface area contributed by atoms with E-state index in [2.05, 4.69) is 60.2 Å². The van der Waals surface area contributed by atoms with Crippen molar-refractivity contribution in [3.63, 3.8) is 0 Å². The van der Waals surface area contributed by atoms with Gasteiger partial charge in [0.25, 0.3) is 0 Å². The molecule has 1 amide bonds. The van der Waals surface area contributed by atoms with Crippen molar-refractivity contribution in [3.05, 3.63) is 59.2 Å². The molecule has 0 bridgehead atoms.